The molecule has 0 saturated carbocycles. The normalized spacial score (nSPS) is 14.7. The van der Waals surface area contributed by atoms with Crippen molar-refractivity contribution in [3.8, 4) is 6.07 Å². The van der Waals surface area contributed by atoms with E-state index in [4.69, 9.17) is 5.26 Å². The first kappa shape index (κ1) is 23.6. The molecule has 3 rings (SSSR count). The molecule has 0 aliphatic carbocycles. The van der Waals surface area contributed by atoms with Gasteiger partial charge in [0.25, 0.3) is 0 Å². The second-order valence-corrected chi connectivity index (χ2v) is 8.26. The van der Waals surface area contributed by atoms with Gasteiger partial charge < -0.3 is 4.90 Å². The number of anilines is 1. The van der Waals surface area contributed by atoms with Gasteiger partial charge in [0.15, 0.2) is 5.78 Å². The Kier molecular flexibility index (Phi) is 7.70. The Morgan fingerprint density at radius 2 is 1.81 bits per heavy atom. The summed E-state index contributed by atoms with van der Waals surface area (Å²) < 4.78 is 27.4. The van der Waals surface area contributed by atoms with Crippen LogP contribution in [0, 0.1) is 42.7 Å². The standard InChI is InChI=1S/C25H27F2N3O2/c1-17-4-6-21(14-18(17)2)30(11-3-10-28)24(31)16-29-12-8-19(9-13-29)25(32)22-15-20(26)5-7-23(22)27/h4-7,14-15,19H,3,8-9,11-13,16H2,1-2H3. The molecule has 1 heterocycles. The summed E-state index contributed by atoms with van der Waals surface area (Å²) in [6.07, 6.45) is 1.18. The smallest absolute Gasteiger partial charge is 0.241 e. The maximum absolute atomic E-state index is 14.0. The second-order valence-electron chi connectivity index (χ2n) is 8.26. The number of likely N-dealkylation sites (tertiary alicyclic amines) is 1. The summed E-state index contributed by atoms with van der Waals surface area (Å²) in [4.78, 5) is 29.3. The molecule has 1 amide bonds. The Labute approximate surface area is 187 Å². The van der Waals surface area contributed by atoms with Crippen molar-refractivity contribution in [3.63, 3.8) is 0 Å². The lowest BCUT2D eigenvalue weighted by molar-refractivity contribution is -0.120. The van der Waals surface area contributed by atoms with E-state index in [1.165, 1.54) is 0 Å². The summed E-state index contributed by atoms with van der Waals surface area (Å²) in [6, 6.07) is 10.8. The van der Waals surface area contributed by atoms with Gasteiger partial charge in [0, 0.05) is 18.2 Å². The van der Waals surface area contributed by atoms with Crippen molar-refractivity contribution in [2.45, 2.75) is 33.1 Å². The Morgan fingerprint density at radius 1 is 1.09 bits per heavy atom. The van der Waals surface area contributed by atoms with Gasteiger partial charge in [0.1, 0.15) is 11.6 Å². The molecule has 0 atom stereocenters. The molecular weight excluding hydrogens is 412 g/mol. The van der Waals surface area contributed by atoms with Crippen LogP contribution < -0.4 is 4.90 Å². The van der Waals surface area contributed by atoms with Crippen molar-refractivity contribution >= 4 is 17.4 Å². The molecule has 0 spiro atoms. The zero-order valence-corrected chi connectivity index (χ0v) is 18.4. The highest BCUT2D eigenvalue weighted by Crippen LogP contribution is 2.25. The number of nitrogens with zero attached hydrogens (tertiary/aromatic N) is 3. The van der Waals surface area contributed by atoms with Crippen LogP contribution in [0.15, 0.2) is 36.4 Å². The molecule has 168 valence electrons. The lowest BCUT2D eigenvalue weighted by Crippen LogP contribution is -2.44. The average molecular weight is 440 g/mol. The summed E-state index contributed by atoms with van der Waals surface area (Å²) in [5, 5.41) is 9.00. The van der Waals surface area contributed by atoms with E-state index in [0.29, 0.717) is 32.5 Å². The molecule has 0 bridgehead atoms. The number of ketones is 1. The number of hydrogen-bond acceptors (Lipinski definition) is 4. The van der Waals surface area contributed by atoms with Crippen LogP contribution in [0.1, 0.15) is 40.7 Å². The summed E-state index contributed by atoms with van der Waals surface area (Å²) in [5.41, 5.74) is 2.75. The van der Waals surface area contributed by atoms with E-state index < -0.39 is 23.3 Å². The molecule has 1 aliphatic rings. The lowest BCUT2D eigenvalue weighted by Gasteiger charge is -2.32. The monoisotopic (exact) mass is 439 g/mol. The Bertz CT molecular complexity index is 1040. The molecule has 0 radical (unpaired) electrons. The quantitative estimate of drug-likeness (QED) is 0.599. The molecule has 0 unspecified atom stereocenters. The van der Waals surface area contributed by atoms with E-state index in [0.717, 1.165) is 35.0 Å². The molecule has 5 nitrogen and oxygen atoms in total. The molecule has 1 saturated heterocycles. The average Bonchev–Trinajstić information content (AvgIpc) is 2.78. The number of Topliss-reactive ketones (excluding diaryl/α,β-unsaturated/α-hetero) is 1. The van der Waals surface area contributed by atoms with Crippen molar-refractivity contribution in [3.05, 3.63) is 64.7 Å². The minimum atomic E-state index is -0.712. The van der Waals surface area contributed by atoms with Crippen molar-refractivity contribution < 1.29 is 18.4 Å². The highest BCUT2D eigenvalue weighted by atomic mass is 19.1. The number of piperidine rings is 1. The number of hydrogen-bond donors (Lipinski definition) is 0. The van der Waals surface area contributed by atoms with E-state index in [-0.39, 0.29) is 24.4 Å². The third-order valence-electron chi connectivity index (χ3n) is 6.06. The first-order valence-electron chi connectivity index (χ1n) is 10.8. The predicted molar refractivity (Wildman–Crippen MR) is 118 cm³/mol. The third-order valence-corrected chi connectivity index (χ3v) is 6.06. The second kappa shape index (κ2) is 10.5. The van der Waals surface area contributed by atoms with Gasteiger partial charge in [-0.25, -0.2) is 8.78 Å². The van der Waals surface area contributed by atoms with Gasteiger partial charge in [-0.3, -0.25) is 14.5 Å². The van der Waals surface area contributed by atoms with Crippen LogP contribution in [0.25, 0.3) is 0 Å². The van der Waals surface area contributed by atoms with E-state index in [9.17, 15) is 18.4 Å². The minimum absolute atomic E-state index is 0.107. The molecule has 0 aromatic heterocycles. The van der Waals surface area contributed by atoms with Crippen LogP contribution in [0.3, 0.4) is 0 Å². The lowest BCUT2D eigenvalue weighted by atomic mass is 9.88. The van der Waals surface area contributed by atoms with Crippen molar-refractivity contribution in [2.24, 2.45) is 5.92 Å². The third kappa shape index (κ3) is 5.57. The van der Waals surface area contributed by atoms with Crippen molar-refractivity contribution in [1.82, 2.24) is 4.90 Å². The zero-order valence-electron chi connectivity index (χ0n) is 18.4. The summed E-state index contributed by atoms with van der Waals surface area (Å²) >= 11 is 0. The first-order valence-corrected chi connectivity index (χ1v) is 10.8. The van der Waals surface area contributed by atoms with Gasteiger partial charge in [0.05, 0.1) is 24.6 Å². The van der Waals surface area contributed by atoms with Crippen molar-refractivity contribution in [2.75, 3.05) is 31.1 Å². The van der Waals surface area contributed by atoms with E-state index in [1.807, 2.05) is 36.9 Å². The van der Waals surface area contributed by atoms with Gasteiger partial charge in [-0.1, -0.05) is 6.07 Å². The van der Waals surface area contributed by atoms with Crippen LogP contribution in [-0.2, 0) is 4.79 Å². The van der Waals surface area contributed by atoms with Crippen molar-refractivity contribution in [1.29, 1.82) is 5.26 Å². The Balaban J connectivity index is 1.62. The molecular formula is C25H27F2N3O2. The number of aryl methyl sites for hydroxylation is 2. The largest absolute Gasteiger partial charge is 0.310 e. The molecule has 2 aromatic rings. The summed E-state index contributed by atoms with van der Waals surface area (Å²) in [6.45, 7) is 5.49. The Morgan fingerprint density at radius 3 is 2.47 bits per heavy atom. The molecule has 0 N–H and O–H groups in total. The van der Waals surface area contributed by atoms with Crippen LogP contribution in [0.5, 0.6) is 0 Å². The van der Waals surface area contributed by atoms with Crippen LogP contribution in [-0.4, -0.2) is 42.8 Å². The minimum Gasteiger partial charge on any atom is -0.310 e. The maximum atomic E-state index is 14.0. The number of carbonyl (C=O) groups is 2. The fraction of sp³-hybridized carbons (Fsp3) is 0.400. The fourth-order valence-corrected chi connectivity index (χ4v) is 3.99. The van der Waals surface area contributed by atoms with Gasteiger partial charge in [-0.2, -0.15) is 5.26 Å². The van der Waals surface area contributed by atoms with E-state index in [1.54, 1.807) is 4.90 Å². The molecule has 1 fully saturated rings. The highest BCUT2D eigenvalue weighted by molar-refractivity contribution is 5.98. The number of benzene rings is 2. The molecule has 1 aliphatic heterocycles. The van der Waals surface area contributed by atoms with Crippen LogP contribution in [0.4, 0.5) is 14.5 Å². The highest BCUT2D eigenvalue weighted by Gasteiger charge is 2.29. The van der Waals surface area contributed by atoms with Crippen LogP contribution in [0.2, 0.25) is 0 Å². The SMILES string of the molecule is Cc1ccc(N(CCC#N)C(=O)CN2CCC(C(=O)c3cc(F)ccc3F)CC2)cc1C. The van der Waals surface area contributed by atoms with Gasteiger partial charge in [0.2, 0.25) is 5.91 Å². The van der Waals surface area contributed by atoms with Gasteiger partial charge in [-0.15, -0.1) is 0 Å². The first-order chi connectivity index (χ1) is 15.3. The molecule has 2 aromatic carbocycles. The molecule has 7 heteroatoms. The number of amides is 1. The molecule has 32 heavy (non-hydrogen) atoms. The number of halogens is 2. The summed E-state index contributed by atoms with van der Waals surface area (Å²) in [7, 11) is 0. The van der Waals surface area contributed by atoms with E-state index in [2.05, 4.69) is 6.07 Å². The maximum Gasteiger partial charge on any atom is 0.241 e. The summed E-state index contributed by atoms with van der Waals surface area (Å²) in [5.74, 6) is -2.24. The zero-order chi connectivity index (χ0) is 23.3. The van der Waals surface area contributed by atoms with Gasteiger partial charge in [-0.05, 0) is 81.2 Å². The van der Waals surface area contributed by atoms with Crippen LogP contribution >= 0.6 is 0 Å². The Hall–Kier alpha value is -3.11. The number of carbonyl (C=O) groups excluding carboxylic acids is 2. The predicted octanol–water partition coefficient (Wildman–Crippen LogP) is 4.42. The number of rotatable bonds is 7. The van der Waals surface area contributed by atoms with Gasteiger partial charge >= 0.3 is 0 Å². The topological polar surface area (TPSA) is 64.4 Å². The fourth-order valence-electron chi connectivity index (χ4n) is 3.99. The van der Waals surface area contributed by atoms with E-state index >= 15 is 0 Å². The number of nitriles is 1.